The van der Waals surface area contributed by atoms with Gasteiger partial charge in [0.25, 0.3) is 0 Å². The van der Waals surface area contributed by atoms with Crippen LogP contribution in [0.1, 0.15) is 22.3 Å². The average Bonchev–Trinajstić information content (AvgIpc) is 2.59. The fraction of sp³-hybridized carbons (Fsp3) is 0.182. The maximum Gasteiger partial charge on any atom is 0.123 e. The van der Waals surface area contributed by atoms with Gasteiger partial charge in [0, 0.05) is 23.1 Å². The van der Waals surface area contributed by atoms with Gasteiger partial charge in [0.05, 0.1) is 0 Å². The molecule has 3 rings (SSSR count). The van der Waals surface area contributed by atoms with E-state index < -0.39 is 0 Å². The monoisotopic (exact) mass is 387 g/mol. The summed E-state index contributed by atoms with van der Waals surface area (Å²) in [6, 6.07) is 20.7. The molecule has 0 spiro atoms. The smallest absolute Gasteiger partial charge is 0.123 e. The van der Waals surface area contributed by atoms with Crippen LogP contribution in [-0.4, -0.2) is 11.9 Å². The number of hydrogen-bond donors (Lipinski definition) is 0. The summed E-state index contributed by atoms with van der Waals surface area (Å²) in [5, 5.41) is 1.49. The highest BCUT2D eigenvalue weighted by atomic mass is 35.5. The molecular formula is C22H20Cl2FN. The van der Waals surface area contributed by atoms with E-state index in [1.165, 1.54) is 11.6 Å². The molecule has 0 fully saturated rings. The zero-order valence-corrected chi connectivity index (χ0v) is 16.1. The first kappa shape index (κ1) is 18.9. The van der Waals surface area contributed by atoms with Crippen molar-refractivity contribution in [3.05, 3.63) is 105 Å². The normalized spacial score (nSPS) is 11.1. The van der Waals surface area contributed by atoms with Gasteiger partial charge in [-0.1, -0.05) is 59.6 Å². The van der Waals surface area contributed by atoms with Gasteiger partial charge in [-0.3, -0.25) is 4.90 Å². The van der Waals surface area contributed by atoms with E-state index in [1.54, 1.807) is 12.1 Å². The molecule has 0 aliphatic heterocycles. The minimum atomic E-state index is -0.208. The van der Waals surface area contributed by atoms with Crippen molar-refractivity contribution < 1.29 is 4.39 Å². The minimum absolute atomic E-state index is 0.208. The molecule has 0 aliphatic carbocycles. The lowest BCUT2D eigenvalue weighted by molar-refractivity contribution is 0.318. The molecule has 0 atom stereocenters. The van der Waals surface area contributed by atoms with Crippen molar-refractivity contribution in [3.8, 4) is 0 Å². The molecule has 0 aromatic heterocycles. The predicted molar refractivity (Wildman–Crippen MR) is 107 cm³/mol. The van der Waals surface area contributed by atoms with Crippen LogP contribution < -0.4 is 0 Å². The molecular weight excluding hydrogens is 368 g/mol. The van der Waals surface area contributed by atoms with Gasteiger partial charge in [0.1, 0.15) is 5.82 Å². The van der Waals surface area contributed by atoms with E-state index in [-0.39, 0.29) is 5.82 Å². The zero-order valence-electron chi connectivity index (χ0n) is 14.6. The second kappa shape index (κ2) is 8.68. The highest BCUT2D eigenvalue weighted by Gasteiger charge is 2.08. The maximum atomic E-state index is 13.3. The number of benzene rings is 3. The van der Waals surface area contributed by atoms with Crippen molar-refractivity contribution in [1.29, 1.82) is 0 Å². The molecule has 0 unspecified atom stereocenters. The van der Waals surface area contributed by atoms with Crippen LogP contribution in [0.4, 0.5) is 4.39 Å². The Morgan fingerprint density at radius 1 is 0.808 bits per heavy atom. The molecule has 0 N–H and O–H groups in total. The molecule has 0 saturated carbocycles. The fourth-order valence-electron chi connectivity index (χ4n) is 2.96. The van der Waals surface area contributed by atoms with Gasteiger partial charge < -0.3 is 0 Å². The Labute approximate surface area is 164 Å². The quantitative estimate of drug-likeness (QED) is 0.475. The molecule has 0 heterocycles. The van der Waals surface area contributed by atoms with Gasteiger partial charge in [0.15, 0.2) is 0 Å². The van der Waals surface area contributed by atoms with Gasteiger partial charge >= 0.3 is 0 Å². The highest BCUT2D eigenvalue weighted by molar-refractivity contribution is 6.31. The van der Waals surface area contributed by atoms with E-state index in [1.807, 2.05) is 43.4 Å². The molecule has 0 amide bonds. The molecule has 134 valence electrons. The second-order valence-corrected chi connectivity index (χ2v) is 7.37. The lowest BCUT2D eigenvalue weighted by Gasteiger charge is -2.18. The van der Waals surface area contributed by atoms with Crippen molar-refractivity contribution in [2.45, 2.75) is 19.5 Å². The van der Waals surface area contributed by atoms with Crippen LogP contribution in [0.15, 0.2) is 66.7 Å². The maximum absolute atomic E-state index is 13.3. The summed E-state index contributed by atoms with van der Waals surface area (Å²) in [6.45, 7) is 1.37. The van der Waals surface area contributed by atoms with E-state index in [0.29, 0.717) is 13.1 Å². The van der Waals surface area contributed by atoms with Crippen LogP contribution in [0.3, 0.4) is 0 Å². The Morgan fingerprint density at radius 3 is 2.23 bits per heavy atom. The number of nitrogens with zero attached hydrogens (tertiary/aromatic N) is 1. The van der Waals surface area contributed by atoms with Gasteiger partial charge in [-0.2, -0.15) is 0 Å². The van der Waals surface area contributed by atoms with E-state index in [2.05, 4.69) is 17.0 Å². The van der Waals surface area contributed by atoms with E-state index >= 15 is 0 Å². The standard InChI is InChI=1S/C22H20Cl2FN/c1-26(14-18-3-2-4-21(25)12-18)15-19-8-5-17(13-22(19)24)11-16-6-9-20(23)10-7-16/h2-10,12-13H,11,14-15H2,1H3. The lowest BCUT2D eigenvalue weighted by Crippen LogP contribution is -2.17. The van der Waals surface area contributed by atoms with Crippen molar-refractivity contribution in [3.63, 3.8) is 0 Å². The van der Waals surface area contributed by atoms with E-state index in [4.69, 9.17) is 23.2 Å². The Kier molecular flexibility index (Phi) is 6.31. The molecule has 4 heteroatoms. The van der Waals surface area contributed by atoms with Gasteiger partial charge in [-0.05, 0) is 66.1 Å². The molecule has 0 radical (unpaired) electrons. The SMILES string of the molecule is CN(Cc1cccc(F)c1)Cc1ccc(Cc2ccc(Cl)cc2)cc1Cl. The third-order valence-corrected chi connectivity index (χ3v) is 4.82. The molecule has 0 bridgehead atoms. The summed E-state index contributed by atoms with van der Waals surface area (Å²) in [6.07, 6.45) is 0.816. The van der Waals surface area contributed by atoms with Crippen LogP contribution in [0.25, 0.3) is 0 Å². The summed E-state index contributed by atoms with van der Waals surface area (Å²) in [5.41, 5.74) is 4.36. The third-order valence-electron chi connectivity index (χ3n) is 4.22. The zero-order chi connectivity index (χ0) is 18.5. The number of rotatable bonds is 6. The fourth-order valence-corrected chi connectivity index (χ4v) is 3.35. The van der Waals surface area contributed by atoms with Gasteiger partial charge in [-0.25, -0.2) is 4.39 Å². The second-order valence-electron chi connectivity index (χ2n) is 6.53. The van der Waals surface area contributed by atoms with E-state index in [9.17, 15) is 4.39 Å². The lowest BCUT2D eigenvalue weighted by atomic mass is 10.0. The van der Waals surface area contributed by atoms with Crippen LogP contribution in [-0.2, 0) is 19.5 Å². The van der Waals surface area contributed by atoms with E-state index in [0.717, 1.165) is 33.2 Å². The van der Waals surface area contributed by atoms with Crippen molar-refractivity contribution in [2.75, 3.05) is 7.05 Å². The number of hydrogen-bond acceptors (Lipinski definition) is 1. The molecule has 0 saturated heterocycles. The molecule has 0 aliphatic rings. The highest BCUT2D eigenvalue weighted by Crippen LogP contribution is 2.22. The van der Waals surface area contributed by atoms with Crippen LogP contribution in [0.2, 0.25) is 10.0 Å². The summed E-state index contributed by atoms with van der Waals surface area (Å²) < 4.78 is 13.3. The Morgan fingerprint density at radius 2 is 1.54 bits per heavy atom. The Hall–Kier alpha value is -1.87. The first-order valence-corrected chi connectivity index (χ1v) is 9.20. The topological polar surface area (TPSA) is 3.24 Å². The first-order chi connectivity index (χ1) is 12.5. The average molecular weight is 388 g/mol. The molecule has 3 aromatic carbocycles. The summed E-state index contributed by atoms with van der Waals surface area (Å²) in [5.74, 6) is -0.208. The first-order valence-electron chi connectivity index (χ1n) is 8.44. The molecule has 3 aromatic rings. The van der Waals surface area contributed by atoms with Gasteiger partial charge in [0.2, 0.25) is 0 Å². The number of halogens is 3. The molecule has 26 heavy (non-hydrogen) atoms. The minimum Gasteiger partial charge on any atom is -0.298 e. The van der Waals surface area contributed by atoms with Crippen LogP contribution >= 0.6 is 23.2 Å². The van der Waals surface area contributed by atoms with Crippen molar-refractivity contribution in [1.82, 2.24) is 4.90 Å². The Bertz CT molecular complexity index is 878. The predicted octanol–water partition coefficient (Wildman–Crippen LogP) is 6.36. The Balaban J connectivity index is 1.64. The largest absolute Gasteiger partial charge is 0.298 e. The van der Waals surface area contributed by atoms with Gasteiger partial charge in [-0.15, -0.1) is 0 Å². The summed E-state index contributed by atoms with van der Waals surface area (Å²) in [7, 11) is 2.00. The van der Waals surface area contributed by atoms with Crippen LogP contribution in [0, 0.1) is 5.82 Å². The van der Waals surface area contributed by atoms with Crippen molar-refractivity contribution in [2.24, 2.45) is 0 Å². The van der Waals surface area contributed by atoms with Crippen molar-refractivity contribution >= 4 is 23.2 Å². The molecule has 1 nitrogen and oxygen atoms in total. The van der Waals surface area contributed by atoms with Crippen LogP contribution in [0.5, 0.6) is 0 Å². The summed E-state index contributed by atoms with van der Waals surface area (Å²) >= 11 is 12.4. The summed E-state index contributed by atoms with van der Waals surface area (Å²) in [4.78, 5) is 2.12. The third kappa shape index (κ3) is 5.31.